The third-order valence-corrected chi connectivity index (χ3v) is 22.0. The molecular formula is C64H74O7P2Pt+2. The molecule has 6 unspecified atom stereocenters. The maximum atomic E-state index is 13.6. The first-order valence-electron chi connectivity index (χ1n) is 26.3. The minimum atomic E-state index is -0.877. The Kier molecular flexibility index (Phi) is 21.6. The van der Waals surface area contributed by atoms with Crippen LogP contribution in [-0.4, -0.2) is 39.5 Å². The van der Waals surface area contributed by atoms with Crippen LogP contribution in [0.4, 0.5) is 0 Å². The molecular weight excluding hydrogens is 1140 g/mol. The molecule has 6 aromatic rings. The van der Waals surface area contributed by atoms with Crippen LogP contribution in [0.3, 0.4) is 0 Å². The minimum absolute atomic E-state index is 0. The van der Waals surface area contributed by atoms with Gasteiger partial charge < -0.3 is 10.2 Å². The Morgan fingerprint density at radius 3 is 1.27 bits per heavy atom. The summed E-state index contributed by atoms with van der Waals surface area (Å²) in [5.41, 5.74) is -0.598. The van der Waals surface area contributed by atoms with Gasteiger partial charge in [-0.05, 0) is 140 Å². The first-order valence-corrected chi connectivity index (χ1v) is 29.3. The molecule has 0 bridgehead atoms. The monoisotopic (exact) mass is 1210 g/mol. The summed E-state index contributed by atoms with van der Waals surface area (Å²) >= 11 is 0. The zero-order chi connectivity index (χ0) is 52.0. The van der Waals surface area contributed by atoms with Crippen molar-refractivity contribution >= 4 is 77.0 Å². The van der Waals surface area contributed by atoms with Crippen molar-refractivity contribution in [3.63, 3.8) is 0 Å². The fourth-order valence-corrected chi connectivity index (χ4v) is 17.9. The molecule has 8 atom stereocenters. The van der Waals surface area contributed by atoms with Crippen LogP contribution in [0.25, 0.3) is 0 Å². The van der Waals surface area contributed by atoms with Gasteiger partial charge in [-0.1, -0.05) is 137 Å². The molecule has 0 amide bonds. The number of aliphatic carboxylic acids is 2. The zero-order valence-electron chi connectivity index (χ0n) is 43.3. The number of rotatable bonds is 12. The predicted octanol–water partition coefficient (Wildman–Crippen LogP) is 11.3. The molecule has 0 aliphatic heterocycles. The van der Waals surface area contributed by atoms with Crippen molar-refractivity contribution in [2.45, 2.75) is 98.3 Å². The van der Waals surface area contributed by atoms with E-state index in [1.165, 1.54) is 31.8 Å². The van der Waals surface area contributed by atoms with Gasteiger partial charge >= 0.3 is 11.9 Å². The van der Waals surface area contributed by atoms with Gasteiger partial charge in [0.15, 0.2) is 0 Å². The van der Waals surface area contributed by atoms with Gasteiger partial charge in [-0.15, -0.1) is 0 Å². The Balaban J connectivity index is 0.000000175. The fraction of sp³-hybridized carbons (Fsp3) is 0.359. The number of ketones is 3. The standard InChI is InChI=1S/C24H34O5.2C18H15P.C4H8O2.Pt/c1-13(4-7-21(28)29)16-5-6-17-22-18(12-20(27)24(16,17)3)23(2)9-8-15(25)10-14(23)11-19(22)26;2*1-4-10-16(11-5-1)19(17-12-6-2-7-13-17)18-14-8-3-9-15-18;1-2-3-4(5)6;/h13-14,16-18,22H,4-12H2,1-3H3,(H,28,29);2*1-15H;2-3H2,1H3,(H,5,6);/p+2/t13?,14?,16?,17?,18?,22?,23-,24+;;;;/m0..../s1. The second-order valence-corrected chi connectivity index (χ2v) is 25.9. The number of carboxylic acid groups (broad SMARTS) is 2. The molecule has 7 nitrogen and oxygen atoms in total. The summed E-state index contributed by atoms with van der Waals surface area (Å²) in [5.74, 6) is -0.187. The van der Waals surface area contributed by atoms with Gasteiger partial charge in [0, 0.05) is 70.9 Å². The summed E-state index contributed by atoms with van der Waals surface area (Å²) in [6.07, 6.45) is 6.35. The van der Waals surface area contributed by atoms with Crippen LogP contribution in [0.5, 0.6) is 0 Å². The summed E-state index contributed by atoms with van der Waals surface area (Å²) in [7, 11) is -1.75. The van der Waals surface area contributed by atoms with Crippen LogP contribution < -0.4 is 31.8 Å². The van der Waals surface area contributed by atoms with Crippen molar-refractivity contribution in [3.8, 4) is 0 Å². The van der Waals surface area contributed by atoms with Crippen LogP contribution >= 0.6 is 15.8 Å². The van der Waals surface area contributed by atoms with Gasteiger partial charge in [0.2, 0.25) is 0 Å². The average molecular weight is 1210 g/mol. The van der Waals surface area contributed by atoms with E-state index in [4.69, 9.17) is 10.2 Å². The molecule has 10 heteroatoms. The van der Waals surface area contributed by atoms with Gasteiger partial charge in [-0.25, -0.2) is 0 Å². The van der Waals surface area contributed by atoms with Crippen molar-refractivity contribution in [1.82, 2.24) is 0 Å². The van der Waals surface area contributed by atoms with E-state index in [9.17, 15) is 24.0 Å². The maximum absolute atomic E-state index is 13.6. The van der Waals surface area contributed by atoms with Gasteiger partial charge in [0.1, 0.15) is 49.2 Å². The first-order chi connectivity index (χ1) is 35.3. The molecule has 0 aromatic heterocycles. The summed E-state index contributed by atoms with van der Waals surface area (Å²) in [6.45, 7) is 8.21. The van der Waals surface area contributed by atoms with E-state index in [1.54, 1.807) is 0 Å². The molecule has 10 rings (SSSR count). The molecule has 4 aliphatic rings. The average Bonchev–Trinajstić information content (AvgIpc) is 3.77. The number of Topliss-reactive ketones (excluding diaryl/α,β-unsaturated/α-hetero) is 3. The summed E-state index contributed by atoms with van der Waals surface area (Å²) in [6, 6.07) is 65.0. The topological polar surface area (TPSA) is 126 Å². The molecule has 390 valence electrons. The molecule has 4 aliphatic carbocycles. The number of carbonyl (C=O) groups excluding carboxylic acids is 3. The van der Waals surface area contributed by atoms with Crippen molar-refractivity contribution in [3.05, 3.63) is 182 Å². The Hall–Kier alpha value is -5.18. The van der Waals surface area contributed by atoms with E-state index >= 15 is 0 Å². The van der Waals surface area contributed by atoms with E-state index < -0.39 is 33.2 Å². The van der Waals surface area contributed by atoms with Crippen molar-refractivity contribution in [1.29, 1.82) is 0 Å². The van der Waals surface area contributed by atoms with Crippen molar-refractivity contribution < 1.29 is 55.3 Å². The minimum Gasteiger partial charge on any atom is -0.481 e. The van der Waals surface area contributed by atoms with Gasteiger partial charge in [-0.2, -0.15) is 0 Å². The number of carbonyl (C=O) groups is 5. The van der Waals surface area contributed by atoms with E-state index in [2.05, 4.69) is 203 Å². The third kappa shape index (κ3) is 14.0. The normalized spacial score (nSPS) is 23.9. The number of hydrogen-bond donors (Lipinski definition) is 2. The van der Waals surface area contributed by atoms with Gasteiger partial charge in [0.25, 0.3) is 0 Å². The SMILES string of the molecule is CC(CCC(=O)O)C1CCC2C3C(=O)CC4CC(=O)CC[C@]4(C)C3CC(=O)[C@]12C.CCCC(=O)O.[Pt].c1ccc([PH+](c2ccccc2)c2ccccc2)cc1.c1ccc([PH+](c2ccccc2)c2ccccc2)cc1. The number of carboxylic acids is 2. The van der Waals surface area contributed by atoms with Crippen LogP contribution in [0.2, 0.25) is 0 Å². The Morgan fingerprint density at radius 1 is 0.554 bits per heavy atom. The van der Waals surface area contributed by atoms with Gasteiger partial charge in [0.05, 0.1) is 15.8 Å². The molecule has 0 spiro atoms. The summed E-state index contributed by atoms with van der Waals surface area (Å²) in [5, 5.41) is 25.6. The molecule has 0 saturated heterocycles. The van der Waals surface area contributed by atoms with Gasteiger partial charge in [-0.3, -0.25) is 24.0 Å². The van der Waals surface area contributed by atoms with E-state index in [0.29, 0.717) is 38.5 Å². The Morgan fingerprint density at radius 2 is 0.932 bits per heavy atom. The van der Waals surface area contributed by atoms with Crippen LogP contribution in [0.15, 0.2) is 182 Å². The second kappa shape index (κ2) is 27.6. The molecule has 4 fully saturated rings. The predicted molar refractivity (Wildman–Crippen MR) is 303 cm³/mol. The molecule has 0 heterocycles. The largest absolute Gasteiger partial charge is 0.481 e. The first kappa shape index (κ1) is 58.1. The Labute approximate surface area is 456 Å². The fourth-order valence-electron chi connectivity index (χ4n) is 12.8. The van der Waals surface area contributed by atoms with Crippen molar-refractivity contribution in [2.24, 2.45) is 46.3 Å². The molecule has 74 heavy (non-hydrogen) atoms. The number of benzene rings is 6. The van der Waals surface area contributed by atoms with Crippen LogP contribution in [-0.2, 0) is 45.0 Å². The van der Waals surface area contributed by atoms with Crippen LogP contribution in [0, 0.1) is 46.3 Å². The zero-order valence-corrected chi connectivity index (χ0v) is 47.6. The molecule has 0 radical (unpaired) electrons. The quantitative estimate of drug-likeness (QED) is 0.117. The van der Waals surface area contributed by atoms with E-state index in [0.717, 1.165) is 25.7 Å². The molecule has 4 saturated carbocycles. The number of fused-ring (bicyclic) bond motifs is 5. The van der Waals surface area contributed by atoms with Crippen LogP contribution in [0.1, 0.15) is 98.3 Å². The molecule has 2 N–H and O–H groups in total. The van der Waals surface area contributed by atoms with E-state index in [1.807, 2.05) is 6.92 Å². The second-order valence-electron chi connectivity index (χ2n) is 20.9. The summed E-state index contributed by atoms with van der Waals surface area (Å²) in [4.78, 5) is 59.6. The third-order valence-electron chi connectivity index (χ3n) is 16.6. The van der Waals surface area contributed by atoms with Crippen molar-refractivity contribution in [2.75, 3.05) is 0 Å². The smallest absolute Gasteiger partial charge is 0.303 e. The number of hydrogen-bond acceptors (Lipinski definition) is 5. The maximum Gasteiger partial charge on any atom is 0.303 e. The van der Waals surface area contributed by atoms with E-state index in [-0.39, 0.29) is 85.8 Å². The Bertz CT molecular complexity index is 2420. The molecule has 6 aromatic carbocycles. The summed E-state index contributed by atoms with van der Waals surface area (Å²) < 4.78 is 0.